The number of hydrogen-bond acceptors (Lipinski definition) is 3. The Bertz CT molecular complexity index is 532. The highest BCUT2D eigenvalue weighted by atomic mass is 32.1. The van der Waals surface area contributed by atoms with E-state index in [4.69, 9.17) is 0 Å². The Morgan fingerprint density at radius 1 is 1.15 bits per heavy atom. The van der Waals surface area contributed by atoms with Crippen molar-refractivity contribution in [3.8, 4) is 5.75 Å². The summed E-state index contributed by atoms with van der Waals surface area (Å²) in [5.74, 6) is 0.335. The molecule has 0 aliphatic rings. The third-order valence-electron chi connectivity index (χ3n) is 3.63. The van der Waals surface area contributed by atoms with E-state index in [0.717, 1.165) is 12.8 Å². The van der Waals surface area contributed by atoms with Gasteiger partial charge < -0.3 is 10.4 Å². The molecule has 108 valence electrons. The van der Waals surface area contributed by atoms with Crippen molar-refractivity contribution in [1.29, 1.82) is 0 Å². The molecule has 2 rings (SSSR count). The number of rotatable bonds is 6. The van der Waals surface area contributed by atoms with E-state index in [1.165, 1.54) is 16.0 Å². The summed E-state index contributed by atoms with van der Waals surface area (Å²) in [6, 6.07) is 10.6. The van der Waals surface area contributed by atoms with Crippen molar-refractivity contribution in [1.82, 2.24) is 5.32 Å². The van der Waals surface area contributed by atoms with Crippen LogP contribution in [0.15, 0.2) is 35.7 Å². The van der Waals surface area contributed by atoms with E-state index in [9.17, 15) is 5.11 Å². The van der Waals surface area contributed by atoms with E-state index in [1.54, 1.807) is 12.1 Å². The van der Waals surface area contributed by atoms with Crippen molar-refractivity contribution >= 4 is 11.3 Å². The number of hydrogen-bond donors (Lipinski definition) is 2. The van der Waals surface area contributed by atoms with Crippen LogP contribution in [0.5, 0.6) is 5.75 Å². The number of phenols is 1. The average molecular weight is 289 g/mol. The Balaban J connectivity index is 1.82. The Morgan fingerprint density at radius 3 is 2.45 bits per heavy atom. The number of thiophene rings is 1. The van der Waals surface area contributed by atoms with Gasteiger partial charge in [0.05, 0.1) is 0 Å². The smallest absolute Gasteiger partial charge is 0.115 e. The minimum absolute atomic E-state index is 0.335. The monoisotopic (exact) mass is 289 g/mol. The van der Waals surface area contributed by atoms with E-state index >= 15 is 0 Å². The summed E-state index contributed by atoms with van der Waals surface area (Å²) in [6.07, 6.45) is 2.13. The Hall–Kier alpha value is -1.32. The van der Waals surface area contributed by atoms with Crippen LogP contribution < -0.4 is 5.32 Å². The summed E-state index contributed by atoms with van der Waals surface area (Å²) in [4.78, 5) is 1.43. The molecule has 3 heteroatoms. The number of nitrogens with one attached hydrogen (secondary N) is 1. The average Bonchev–Trinajstić information content (AvgIpc) is 2.84. The van der Waals surface area contributed by atoms with Crippen LogP contribution in [0.1, 0.15) is 42.3 Å². The standard InChI is InChI=1S/C17H23NOS/c1-12-10-11-20-17(12)14(3)18-13(2)4-5-15-6-8-16(19)9-7-15/h6-11,13-14,18-19H,4-5H2,1-3H3. The summed E-state index contributed by atoms with van der Waals surface area (Å²) in [7, 11) is 0. The Labute approximate surface area is 125 Å². The van der Waals surface area contributed by atoms with Gasteiger partial charge >= 0.3 is 0 Å². The molecule has 0 amide bonds. The molecule has 1 heterocycles. The molecule has 2 nitrogen and oxygen atoms in total. The van der Waals surface area contributed by atoms with Crippen LogP contribution in [0.25, 0.3) is 0 Å². The van der Waals surface area contributed by atoms with Crippen LogP contribution in [-0.2, 0) is 6.42 Å². The molecular weight excluding hydrogens is 266 g/mol. The van der Waals surface area contributed by atoms with Gasteiger partial charge in [0.1, 0.15) is 5.75 Å². The van der Waals surface area contributed by atoms with Crippen molar-refractivity contribution in [2.45, 2.75) is 45.7 Å². The Kier molecular flexibility index (Phi) is 5.21. The summed E-state index contributed by atoms with van der Waals surface area (Å²) in [6.45, 7) is 6.64. The lowest BCUT2D eigenvalue weighted by molar-refractivity contribution is 0.459. The van der Waals surface area contributed by atoms with Crippen molar-refractivity contribution in [3.63, 3.8) is 0 Å². The van der Waals surface area contributed by atoms with E-state index in [-0.39, 0.29) is 0 Å². The molecule has 0 radical (unpaired) electrons. The van der Waals surface area contributed by atoms with Gasteiger partial charge in [0.25, 0.3) is 0 Å². The first kappa shape index (κ1) is 15.1. The first-order chi connectivity index (χ1) is 9.56. The molecular formula is C17H23NOS. The number of phenolic OH excluding ortho intramolecular Hbond substituents is 1. The predicted molar refractivity (Wildman–Crippen MR) is 86.5 cm³/mol. The van der Waals surface area contributed by atoms with Crippen LogP contribution in [0, 0.1) is 6.92 Å². The van der Waals surface area contributed by atoms with E-state index in [2.05, 4.69) is 37.5 Å². The van der Waals surface area contributed by atoms with Gasteiger partial charge in [-0.25, -0.2) is 0 Å². The van der Waals surface area contributed by atoms with Gasteiger partial charge in [-0.15, -0.1) is 11.3 Å². The molecule has 2 N–H and O–H groups in total. The molecule has 0 aliphatic heterocycles. The number of aromatic hydroxyl groups is 1. The maximum Gasteiger partial charge on any atom is 0.115 e. The van der Waals surface area contributed by atoms with Crippen molar-refractivity contribution in [2.24, 2.45) is 0 Å². The molecule has 20 heavy (non-hydrogen) atoms. The minimum Gasteiger partial charge on any atom is -0.508 e. The van der Waals surface area contributed by atoms with Gasteiger partial charge in [-0.3, -0.25) is 0 Å². The van der Waals surface area contributed by atoms with Gasteiger partial charge in [0.2, 0.25) is 0 Å². The highest BCUT2D eigenvalue weighted by Gasteiger charge is 2.12. The van der Waals surface area contributed by atoms with Gasteiger partial charge in [0, 0.05) is 17.0 Å². The van der Waals surface area contributed by atoms with Gasteiger partial charge in [-0.05, 0) is 68.3 Å². The lowest BCUT2D eigenvalue weighted by Gasteiger charge is -2.20. The molecule has 2 unspecified atom stereocenters. The second-order valence-corrected chi connectivity index (χ2v) is 6.41. The number of aryl methyl sites for hydroxylation is 2. The molecule has 2 aromatic rings. The fraction of sp³-hybridized carbons (Fsp3) is 0.412. The normalized spacial score (nSPS) is 14.2. The zero-order chi connectivity index (χ0) is 14.5. The van der Waals surface area contributed by atoms with Gasteiger partial charge in [0.15, 0.2) is 0 Å². The topological polar surface area (TPSA) is 32.3 Å². The quantitative estimate of drug-likeness (QED) is 0.824. The lowest BCUT2D eigenvalue weighted by atomic mass is 10.0. The third kappa shape index (κ3) is 4.09. The molecule has 0 fully saturated rings. The summed E-state index contributed by atoms with van der Waals surface area (Å²) < 4.78 is 0. The van der Waals surface area contributed by atoms with Crippen molar-refractivity contribution in [3.05, 3.63) is 51.7 Å². The first-order valence-electron chi connectivity index (χ1n) is 7.14. The van der Waals surface area contributed by atoms with Gasteiger partial charge in [-0.2, -0.15) is 0 Å². The van der Waals surface area contributed by atoms with E-state index in [1.807, 2.05) is 23.5 Å². The first-order valence-corrected chi connectivity index (χ1v) is 8.02. The summed E-state index contributed by atoms with van der Waals surface area (Å²) in [5, 5.41) is 15.1. The van der Waals surface area contributed by atoms with E-state index < -0.39 is 0 Å². The maximum atomic E-state index is 9.27. The second kappa shape index (κ2) is 6.91. The zero-order valence-corrected chi connectivity index (χ0v) is 13.2. The molecule has 0 aliphatic carbocycles. The third-order valence-corrected chi connectivity index (χ3v) is 4.83. The highest BCUT2D eigenvalue weighted by Crippen LogP contribution is 2.24. The van der Waals surface area contributed by atoms with Crippen LogP contribution in [0.4, 0.5) is 0 Å². The number of benzene rings is 1. The SMILES string of the molecule is Cc1ccsc1C(C)NC(C)CCc1ccc(O)cc1. The van der Waals surface area contributed by atoms with Crippen LogP contribution in [0.3, 0.4) is 0 Å². The largest absolute Gasteiger partial charge is 0.508 e. The van der Waals surface area contributed by atoms with Crippen molar-refractivity contribution < 1.29 is 5.11 Å². The molecule has 0 bridgehead atoms. The zero-order valence-electron chi connectivity index (χ0n) is 12.4. The second-order valence-electron chi connectivity index (χ2n) is 5.46. The van der Waals surface area contributed by atoms with E-state index in [0.29, 0.717) is 17.8 Å². The fourth-order valence-corrected chi connectivity index (χ4v) is 3.40. The molecule has 1 aromatic carbocycles. The molecule has 0 saturated heterocycles. The van der Waals surface area contributed by atoms with Crippen LogP contribution in [0.2, 0.25) is 0 Å². The fourth-order valence-electron chi connectivity index (χ4n) is 2.46. The molecule has 0 saturated carbocycles. The van der Waals surface area contributed by atoms with Crippen LogP contribution in [-0.4, -0.2) is 11.1 Å². The minimum atomic E-state index is 0.335. The maximum absolute atomic E-state index is 9.27. The molecule has 2 atom stereocenters. The van der Waals surface area contributed by atoms with Crippen molar-refractivity contribution in [2.75, 3.05) is 0 Å². The highest BCUT2D eigenvalue weighted by molar-refractivity contribution is 7.10. The summed E-state index contributed by atoms with van der Waals surface area (Å²) >= 11 is 1.83. The summed E-state index contributed by atoms with van der Waals surface area (Å²) in [5.41, 5.74) is 2.65. The Morgan fingerprint density at radius 2 is 1.85 bits per heavy atom. The molecule has 1 aromatic heterocycles. The van der Waals surface area contributed by atoms with Gasteiger partial charge in [-0.1, -0.05) is 12.1 Å². The lowest BCUT2D eigenvalue weighted by Crippen LogP contribution is -2.29. The molecule has 0 spiro atoms. The van der Waals surface area contributed by atoms with Crippen LogP contribution >= 0.6 is 11.3 Å². The predicted octanol–water partition coefficient (Wildman–Crippen LogP) is 4.43.